The van der Waals surface area contributed by atoms with Crippen molar-refractivity contribution in [1.29, 1.82) is 0 Å². The summed E-state index contributed by atoms with van der Waals surface area (Å²) < 4.78 is 1.80. The van der Waals surface area contributed by atoms with Crippen molar-refractivity contribution in [1.82, 2.24) is 14.3 Å². The Morgan fingerprint density at radius 3 is 2.62 bits per heavy atom. The number of halogens is 1. The SMILES string of the molecule is Cc1cccc2nc(C(C)N3C(=O)c4ccccc4C3O)c(Br)c(=O)n12. The fraction of sp³-hybridized carbons (Fsp3) is 0.211. The molecule has 0 spiro atoms. The van der Waals surface area contributed by atoms with Gasteiger partial charge in [0, 0.05) is 16.8 Å². The van der Waals surface area contributed by atoms with Gasteiger partial charge in [-0.05, 0) is 48.0 Å². The molecule has 0 radical (unpaired) electrons. The number of rotatable bonds is 2. The number of aliphatic hydroxyl groups excluding tert-OH is 1. The number of nitrogens with zero attached hydrogens (tertiary/aromatic N) is 3. The van der Waals surface area contributed by atoms with E-state index >= 15 is 0 Å². The molecule has 0 aliphatic carbocycles. The molecule has 132 valence electrons. The van der Waals surface area contributed by atoms with Crippen LogP contribution in [-0.2, 0) is 0 Å². The zero-order valence-corrected chi connectivity index (χ0v) is 15.8. The molecule has 1 N–H and O–H groups in total. The van der Waals surface area contributed by atoms with Gasteiger partial charge in [-0.3, -0.25) is 14.0 Å². The van der Waals surface area contributed by atoms with Crippen LogP contribution < -0.4 is 5.56 Å². The van der Waals surface area contributed by atoms with Crippen LogP contribution in [0.15, 0.2) is 51.7 Å². The molecule has 1 aliphatic heterocycles. The van der Waals surface area contributed by atoms with Crippen molar-refractivity contribution >= 4 is 27.5 Å². The first-order valence-electron chi connectivity index (χ1n) is 8.19. The smallest absolute Gasteiger partial charge is 0.272 e. The van der Waals surface area contributed by atoms with Gasteiger partial charge in [-0.2, -0.15) is 0 Å². The fourth-order valence-electron chi connectivity index (χ4n) is 3.45. The lowest BCUT2D eigenvalue weighted by Crippen LogP contribution is -2.33. The number of carbonyl (C=O) groups excluding carboxylic acids is 1. The highest BCUT2D eigenvalue weighted by molar-refractivity contribution is 9.10. The number of hydrogen-bond acceptors (Lipinski definition) is 4. The van der Waals surface area contributed by atoms with Crippen molar-refractivity contribution in [2.24, 2.45) is 0 Å². The molecular weight excluding hydrogens is 398 g/mol. The maximum atomic E-state index is 12.8. The van der Waals surface area contributed by atoms with Gasteiger partial charge in [0.25, 0.3) is 11.5 Å². The Morgan fingerprint density at radius 2 is 1.88 bits per heavy atom. The minimum Gasteiger partial charge on any atom is -0.369 e. The second-order valence-corrected chi connectivity index (χ2v) is 7.12. The maximum Gasteiger partial charge on any atom is 0.272 e. The summed E-state index contributed by atoms with van der Waals surface area (Å²) in [5, 5.41) is 10.6. The molecule has 0 bridgehead atoms. The molecule has 6 nitrogen and oxygen atoms in total. The summed E-state index contributed by atoms with van der Waals surface area (Å²) >= 11 is 3.34. The summed E-state index contributed by atoms with van der Waals surface area (Å²) in [6.07, 6.45) is -1.07. The van der Waals surface area contributed by atoms with Crippen molar-refractivity contribution < 1.29 is 9.90 Å². The first-order chi connectivity index (χ1) is 12.4. The standard InChI is InChI=1S/C19H16BrN3O3/c1-10-6-5-9-14-21-16(15(20)19(26)22(10)14)11(2)23-17(24)12-7-3-4-8-13(12)18(23)25/h3-9,11,17,24H,1-2H3. The third kappa shape index (κ3) is 2.31. The molecule has 2 atom stereocenters. The van der Waals surface area contributed by atoms with Crippen LogP contribution in [0.25, 0.3) is 5.65 Å². The minimum atomic E-state index is -1.07. The molecule has 0 fully saturated rings. The number of aromatic nitrogens is 2. The van der Waals surface area contributed by atoms with Gasteiger partial charge < -0.3 is 10.0 Å². The molecule has 0 saturated carbocycles. The van der Waals surface area contributed by atoms with Crippen molar-refractivity contribution in [2.75, 3.05) is 0 Å². The molecule has 1 aromatic carbocycles. The highest BCUT2D eigenvalue weighted by atomic mass is 79.9. The summed E-state index contributed by atoms with van der Waals surface area (Å²) in [6, 6.07) is 11.8. The van der Waals surface area contributed by atoms with E-state index in [1.165, 1.54) is 9.30 Å². The lowest BCUT2D eigenvalue weighted by atomic mass is 10.1. The van der Waals surface area contributed by atoms with Crippen molar-refractivity contribution in [3.05, 3.63) is 79.8 Å². The van der Waals surface area contributed by atoms with Gasteiger partial charge >= 0.3 is 0 Å². The topological polar surface area (TPSA) is 74.9 Å². The van der Waals surface area contributed by atoms with Crippen molar-refractivity contribution in [3.63, 3.8) is 0 Å². The molecule has 1 aliphatic rings. The quantitative estimate of drug-likeness (QED) is 0.700. The third-order valence-electron chi connectivity index (χ3n) is 4.80. The number of hydrogen-bond donors (Lipinski definition) is 1. The maximum absolute atomic E-state index is 12.8. The minimum absolute atomic E-state index is 0.242. The van der Waals surface area contributed by atoms with E-state index in [0.29, 0.717) is 22.5 Å². The Morgan fingerprint density at radius 1 is 1.15 bits per heavy atom. The number of amides is 1. The molecule has 1 amide bonds. The average Bonchev–Trinajstić information content (AvgIpc) is 2.89. The number of benzene rings is 1. The summed E-state index contributed by atoms with van der Waals surface area (Å²) in [6.45, 7) is 3.59. The van der Waals surface area contributed by atoms with E-state index < -0.39 is 12.3 Å². The van der Waals surface area contributed by atoms with E-state index in [4.69, 9.17) is 0 Å². The van der Waals surface area contributed by atoms with E-state index in [1.807, 2.05) is 19.1 Å². The lowest BCUT2D eigenvalue weighted by Gasteiger charge is -2.28. The number of fused-ring (bicyclic) bond motifs is 2. The molecular formula is C19H16BrN3O3. The van der Waals surface area contributed by atoms with Crippen molar-refractivity contribution in [2.45, 2.75) is 26.1 Å². The van der Waals surface area contributed by atoms with Crippen LogP contribution in [0, 0.1) is 6.92 Å². The van der Waals surface area contributed by atoms with Crippen LogP contribution >= 0.6 is 15.9 Å². The van der Waals surface area contributed by atoms with Gasteiger partial charge in [-0.25, -0.2) is 4.98 Å². The summed E-state index contributed by atoms with van der Waals surface area (Å²) in [5.74, 6) is -0.279. The second-order valence-electron chi connectivity index (χ2n) is 6.33. The van der Waals surface area contributed by atoms with Gasteiger partial charge in [-0.15, -0.1) is 0 Å². The number of aliphatic hydroxyl groups is 1. The van der Waals surface area contributed by atoms with E-state index in [1.54, 1.807) is 37.3 Å². The largest absolute Gasteiger partial charge is 0.369 e. The normalized spacial score (nSPS) is 17.6. The van der Waals surface area contributed by atoms with Gasteiger partial charge in [0.05, 0.1) is 11.7 Å². The first kappa shape index (κ1) is 16.9. The predicted molar refractivity (Wildman–Crippen MR) is 99.9 cm³/mol. The van der Waals surface area contributed by atoms with Crippen LogP contribution in [0.1, 0.15) is 46.5 Å². The van der Waals surface area contributed by atoms with Gasteiger partial charge in [0.2, 0.25) is 0 Å². The highest BCUT2D eigenvalue weighted by Gasteiger charge is 2.39. The molecule has 7 heteroatoms. The average molecular weight is 414 g/mol. The Kier molecular flexibility index (Phi) is 3.93. The summed E-state index contributed by atoms with van der Waals surface area (Å²) in [7, 11) is 0. The number of aryl methyl sites for hydroxylation is 1. The van der Waals surface area contributed by atoms with E-state index in [0.717, 1.165) is 5.69 Å². The molecule has 4 rings (SSSR count). The van der Waals surface area contributed by atoms with Crippen LogP contribution in [0.2, 0.25) is 0 Å². The van der Waals surface area contributed by atoms with E-state index in [-0.39, 0.29) is 15.9 Å². The third-order valence-corrected chi connectivity index (χ3v) is 5.54. The Balaban J connectivity index is 1.86. The van der Waals surface area contributed by atoms with E-state index in [2.05, 4.69) is 20.9 Å². The number of pyridine rings is 1. The molecule has 2 aromatic heterocycles. The number of carbonyl (C=O) groups is 1. The zero-order valence-electron chi connectivity index (χ0n) is 14.2. The van der Waals surface area contributed by atoms with Gasteiger partial charge in [-0.1, -0.05) is 24.3 Å². The molecule has 3 aromatic rings. The zero-order chi connectivity index (χ0) is 18.6. The first-order valence-corrected chi connectivity index (χ1v) is 8.98. The van der Waals surface area contributed by atoms with Gasteiger partial charge in [0.15, 0.2) is 6.23 Å². The summed E-state index contributed by atoms with van der Waals surface area (Å²) in [5.41, 5.74) is 2.47. The second kappa shape index (κ2) is 6.03. The van der Waals surface area contributed by atoms with Crippen LogP contribution in [0.4, 0.5) is 0 Å². The Hall–Kier alpha value is -2.51. The van der Waals surface area contributed by atoms with Crippen LogP contribution in [0.5, 0.6) is 0 Å². The molecule has 0 saturated heterocycles. The monoisotopic (exact) mass is 413 g/mol. The lowest BCUT2D eigenvalue weighted by molar-refractivity contribution is -0.00125. The highest BCUT2D eigenvalue weighted by Crippen LogP contribution is 2.38. The molecule has 3 heterocycles. The van der Waals surface area contributed by atoms with Crippen LogP contribution in [0.3, 0.4) is 0 Å². The Bertz CT molecular complexity index is 1110. The van der Waals surface area contributed by atoms with E-state index in [9.17, 15) is 14.7 Å². The molecule has 2 unspecified atom stereocenters. The predicted octanol–water partition coefficient (Wildman–Crippen LogP) is 2.97. The summed E-state index contributed by atoms with van der Waals surface area (Å²) in [4.78, 5) is 31.5. The van der Waals surface area contributed by atoms with Crippen LogP contribution in [-0.4, -0.2) is 25.3 Å². The van der Waals surface area contributed by atoms with Gasteiger partial charge in [0.1, 0.15) is 10.1 Å². The van der Waals surface area contributed by atoms with Crippen molar-refractivity contribution in [3.8, 4) is 0 Å². The fourth-order valence-corrected chi connectivity index (χ4v) is 4.05. The Labute approximate surface area is 157 Å². The molecule has 26 heavy (non-hydrogen) atoms.